The first-order valence-electron chi connectivity index (χ1n) is 9.39. The summed E-state index contributed by atoms with van der Waals surface area (Å²) in [7, 11) is 1.38. The van der Waals surface area contributed by atoms with Gasteiger partial charge in [0.2, 0.25) is 0 Å². The average molecular weight is 388 g/mol. The number of aryl methyl sites for hydroxylation is 1. The Bertz CT molecular complexity index is 800. The number of amides is 1. The second-order valence-electron chi connectivity index (χ2n) is 6.58. The molecule has 5 nitrogen and oxygen atoms in total. The number of carbonyl (C=O) groups excluding carboxylic acids is 2. The van der Waals surface area contributed by atoms with E-state index < -0.39 is 6.10 Å². The molecule has 1 atom stereocenters. The lowest BCUT2D eigenvalue weighted by Crippen LogP contribution is -2.32. The molecule has 1 aromatic heterocycles. The molecule has 1 aliphatic rings. The molecule has 1 amide bonds. The zero-order valence-electron chi connectivity index (χ0n) is 15.7. The topological polar surface area (TPSA) is 64.6 Å². The average Bonchev–Trinajstić information content (AvgIpc) is 2.86. The van der Waals surface area contributed by atoms with E-state index >= 15 is 0 Å². The third kappa shape index (κ3) is 4.50. The largest absolute Gasteiger partial charge is 0.481 e. The Kier molecular flexibility index (Phi) is 6.50. The quantitative estimate of drug-likeness (QED) is 0.581. The zero-order chi connectivity index (χ0) is 19.2. The maximum atomic E-state index is 12.8. The molecule has 0 bridgehead atoms. The molecule has 0 aliphatic heterocycles. The molecule has 0 saturated carbocycles. The number of para-hydroxylation sites is 1. The van der Waals surface area contributed by atoms with Gasteiger partial charge in [0.25, 0.3) is 5.91 Å². The van der Waals surface area contributed by atoms with Crippen LogP contribution in [0.3, 0.4) is 0 Å². The Labute approximate surface area is 163 Å². The van der Waals surface area contributed by atoms with Gasteiger partial charge in [-0.1, -0.05) is 31.5 Å². The van der Waals surface area contributed by atoms with Gasteiger partial charge >= 0.3 is 5.97 Å². The molecule has 1 aliphatic carbocycles. The van der Waals surface area contributed by atoms with E-state index in [1.807, 2.05) is 37.3 Å². The van der Waals surface area contributed by atoms with E-state index in [1.54, 1.807) is 0 Å². The summed E-state index contributed by atoms with van der Waals surface area (Å²) in [6.07, 6.45) is 5.01. The Balaban J connectivity index is 1.83. The Morgan fingerprint density at radius 2 is 1.89 bits per heavy atom. The first kappa shape index (κ1) is 19.4. The molecule has 6 heteroatoms. The minimum atomic E-state index is -0.625. The number of rotatable bonds is 6. The van der Waals surface area contributed by atoms with Crippen molar-refractivity contribution in [2.24, 2.45) is 0 Å². The fraction of sp³-hybridized carbons (Fsp3) is 0.429. The number of hydrogen-bond donors (Lipinski definition) is 1. The second kappa shape index (κ2) is 9.04. The van der Waals surface area contributed by atoms with Gasteiger partial charge in [-0.05, 0) is 49.8 Å². The molecule has 144 valence electrons. The fourth-order valence-electron chi connectivity index (χ4n) is 3.33. The van der Waals surface area contributed by atoms with Crippen molar-refractivity contribution in [1.29, 1.82) is 0 Å². The van der Waals surface area contributed by atoms with E-state index in [2.05, 4.69) is 5.32 Å². The number of anilines is 1. The molecular weight excluding hydrogens is 362 g/mol. The second-order valence-corrected chi connectivity index (χ2v) is 7.68. The van der Waals surface area contributed by atoms with Gasteiger partial charge in [0.1, 0.15) is 10.8 Å². The van der Waals surface area contributed by atoms with E-state index in [9.17, 15) is 9.59 Å². The van der Waals surface area contributed by atoms with E-state index in [1.165, 1.54) is 23.3 Å². The molecular formula is C21H25NO4S. The molecule has 1 N–H and O–H groups in total. The summed E-state index contributed by atoms with van der Waals surface area (Å²) < 4.78 is 10.8. The minimum absolute atomic E-state index is 0.247. The molecule has 1 heterocycles. The summed E-state index contributed by atoms with van der Waals surface area (Å²) in [5.74, 6) is 0.0132. The lowest BCUT2D eigenvalue weighted by Gasteiger charge is -2.17. The number of benzene rings is 1. The van der Waals surface area contributed by atoms with Gasteiger partial charge in [-0.3, -0.25) is 4.79 Å². The number of esters is 1. The van der Waals surface area contributed by atoms with Crippen LogP contribution in [0.25, 0.3) is 0 Å². The summed E-state index contributed by atoms with van der Waals surface area (Å²) in [6, 6.07) is 9.28. The van der Waals surface area contributed by atoms with Crippen LogP contribution >= 0.6 is 11.3 Å². The molecule has 0 saturated heterocycles. The van der Waals surface area contributed by atoms with Crippen molar-refractivity contribution in [2.45, 2.75) is 51.6 Å². The van der Waals surface area contributed by atoms with Crippen LogP contribution < -0.4 is 10.1 Å². The van der Waals surface area contributed by atoms with Gasteiger partial charge in [0.05, 0.1) is 12.7 Å². The van der Waals surface area contributed by atoms with Crippen LogP contribution in [-0.2, 0) is 22.4 Å². The number of thiophene rings is 1. The maximum Gasteiger partial charge on any atom is 0.341 e. The van der Waals surface area contributed by atoms with Crippen molar-refractivity contribution >= 4 is 28.2 Å². The van der Waals surface area contributed by atoms with E-state index in [4.69, 9.17) is 9.47 Å². The van der Waals surface area contributed by atoms with Crippen LogP contribution in [-0.4, -0.2) is 25.1 Å². The number of carbonyl (C=O) groups is 2. The lowest BCUT2D eigenvalue weighted by atomic mass is 10.1. The van der Waals surface area contributed by atoms with Crippen molar-refractivity contribution in [3.05, 3.63) is 46.3 Å². The van der Waals surface area contributed by atoms with Crippen LogP contribution in [0.15, 0.2) is 30.3 Å². The highest BCUT2D eigenvalue weighted by Crippen LogP contribution is 2.38. The first-order valence-corrected chi connectivity index (χ1v) is 10.2. The number of methoxy groups -OCH3 is 1. The number of hydrogen-bond acceptors (Lipinski definition) is 5. The highest BCUT2D eigenvalue weighted by molar-refractivity contribution is 7.17. The maximum absolute atomic E-state index is 12.8. The Morgan fingerprint density at radius 3 is 2.59 bits per heavy atom. The van der Waals surface area contributed by atoms with Gasteiger partial charge in [-0.2, -0.15) is 0 Å². The Hall–Kier alpha value is -2.34. The predicted octanol–water partition coefficient (Wildman–Crippen LogP) is 4.60. The van der Waals surface area contributed by atoms with Crippen molar-refractivity contribution < 1.29 is 19.1 Å². The monoisotopic (exact) mass is 387 g/mol. The highest BCUT2D eigenvalue weighted by Gasteiger charge is 2.28. The summed E-state index contributed by atoms with van der Waals surface area (Å²) >= 11 is 1.49. The van der Waals surface area contributed by atoms with Gasteiger partial charge in [0.15, 0.2) is 6.10 Å². The third-order valence-electron chi connectivity index (χ3n) is 4.73. The van der Waals surface area contributed by atoms with Gasteiger partial charge in [-0.15, -0.1) is 11.3 Å². The smallest absolute Gasteiger partial charge is 0.341 e. The van der Waals surface area contributed by atoms with E-state index in [0.717, 1.165) is 37.7 Å². The molecule has 0 spiro atoms. The standard InChI is InChI=1S/C21H25NO4S/c1-3-16(26-14-10-6-4-7-11-14)19(23)22-20-18(21(24)25-2)15-12-8-5-9-13-17(15)27-20/h4,6-7,10-11,16H,3,5,8-9,12-13H2,1-2H3,(H,22,23). The van der Waals surface area contributed by atoms with Crippen molar-refractivity contribution in [3.8, 4) is 5.75 Å². The predicted molar refractivity (Wildman–Crippen MR) is 107 cm³/mol. The van der Waals surface area contributed by atoms with Crippen LogP contribution in [0.1, 0.15) is 53.4 Å². The highest BCUT2D eigenvalue weighted by atomic mass is 32.1. The lowest BCUT2D eigenvalue weighted by molar-refractivity contribution is -0.122. The zero-order valence-corrected chi connectivity index (χ0v) is 16.6. The third-order valence-corrected chi connectivity index (χ3v) is 5.94. The first-order chi connectivity index (χ1) is 13.1. The molecule has 1 aromatic carbocycles. The SMILES string of the molecule is CCC(Oc1ccccc1)C(=O)Nc1sc2c(c1C(=O)OC)CCCCC2. The minimum Gasteiger partial charge on any atom is -0.481 e. The number of nitrogens with one attached hydrogen (secondary N) is 1. The number of ether oxygens (including phenoxy) is 2. The fourth-order valence-corrected chi connectivity index (χ4v) is 4.61. The van der Waals surface area contributed by atoms with E-state index in [-0.39, 0.29) is 11.9 Å². The van der Waals surface area contributed by atoms with Crippen molar-refractivity contribution in [2.75, 3.05) is 12.4 Å². The van der Waals surface area contributed by atoms with Crippen LogP contribution in [0.4, 0.5) is 5.00 Å². The van der Waals surface area contributed by atoms with Crippen LogP contribution in [0, 0.1) is 0 Å². The summed E-state index contributed by atoms with van der Waals surface area (Å²) in [6.45, 7) is 1.90. The summed E-state index contributed by atoms with van der Waals surface area (Å²) in [4.78, 5) is 26.4. The van der Waals surface area contributed by atoms with Gasteiger partial charge in [-0.25, -0.2) is 4.79 Å². The normalized spacial score (nSPS) is 14.6. The molecule has 0 radical (unpaired) electrons. The van der Waals surface area contributed by atoms with Crippen molar-refractivity contribution in [1.82, 2.24) is 0 Å². The van der Waals surface area contributed by atoms with E-state index in [0.29, 0.717) is 22.7 Å². The molecule has 27 heavy (non-hydrogen) atoms. The van der Waals surface area contributed by atoms with Gasteiger partial charge < -0.3 is 14.8 Å². The van der Waals surface area contributed by atoms with Gasteiger partial charge in [0, 0.05) is 4.88 Å². The Morgan fingerprint density at radius 1 is 1.15 bits per heavy atom. The molecule has 3 rings (SSSR count). The summed E-state index contributed by atoms with van der Waals surface area (Å²) in [5.41, 5.74) is 1.55. The molecule has 2 aromatic rings. The van der Waals surface area contributed by atoms with Crippen LogP contribution in [0.5, 0.6) is 5.75 Å². The van der Waals surface area contributed by atoms with Crippen LogP contribution in [0.2, 0.25) is 0 Å². The summed E-state index contributed by atoms with van der Waals surface area (Å²) in [5, 5.41) is 3.51. The number of fused-ring (bicyclic) bond motifs is 1. The molecule has 0 fully saturated rings. The van der Waals surface area contributed by atoms with Crippen molar-refractivity contribution in [3.63, 3.8) is 0 Å². The molecule has 1 unspecified atom stereocenters.